The van der Waals surface area contributed by atoms with Gasteiger partial charge >= 0.3 is 0 Å². The van der Waals surface area contributed by atoms with Gasteiger partial charge in [0.2, 0.25) is 0 Å². The summed E-state index contributed by atoms with van der Waals surface area (Å²) >= 11 is 0. The summed E-state index contributed by atoms with van der Waals surface area (Å²) in [5, 5.41) is 4.27. The molecule has 1 aliphatic heterocycles. The van der Waals surface area contributed by atoms with Crippen molar-refractivity contribution in [3.05, 3.63) is 22.6 Å². The smallest absolute Gasteiger partial charge is 0.268 e. The number of hydrogen-bond acceptors (Lipinski definition) is 5. The molecule has 2 N–H and O–H groups in total. The molecule has 0 aromatic carbocycles. The minimum absolute atomic E-state index is 0.0551. The fraction of sp³-hybridized carbons (Fsp3) is 0.733. The van der Waals surface area contributed by atoms with Crippen LogP contribution in [0.2, 0.25) is 0 Å². The molecule has 1 aliphatic rings. The van der Waals surface area contributed by atoms with E-state index in [0.717, 1.165) is 25.2 Å². The molecule has 0 saturated carbocycles. The Bertz CT molecular complexity index is 535. The molecule has 6 nitrogen and oxygen atoms in total. The van der Waals surface area contributed by atoms with E-state index >= 15 is 0 Å². The Balaban J connectivity index is 2.10. The zero-order valence-electron chi connectivity index (χ0n) is 13.4. The van der Waals surface area contributed by atoms with Crippen molar-refractivity contribution in [2.45, 2.75) is 45.9 Å². The Morgan fingerprint density at radius 2 is 2.24 bits per heavy atom. The standard InChI is InChI=1S/C15H26N4O2/c1-15(2,3)13(16)10-19-14(20)7-11(8-17-19)18-6-5-12(9-18)21-4/h7-8,12-13H,5-6,9-10,16H2,1-4H3. The minimum atomic E-state index is -0.113. The van der Waals surface area contributed by atoms with E-state index in [9.17, 15) is 4.79 Å². The van der Waals surface area contributed by atoms with E-state index < -0.39 is 0 Å². The third-order valence-corrected chi connectivity index (χ3v) is 4.18. The first kappa shape index (κ1) is 16.0. The molecule has 0 radical (unpaired) electrons. The van der Waals surface area contributed by atoms with Crippen molar-refractivity contribution in [2.24, 2.45) is 11.1 Å². The molecule has 2 unspecified atom stereocenters. The van der Waals surface area contributed by atoms with E-state index in [1.54, 1.807) is 19.4 Å². The van der Waals surface area contributed by atoms with Crippen LogP contribution in [0.25, 0.3) is 0 Å². The van der Waals surface area contributed by atoms with Gasteiger partial charge in [0.25, 0.3) is 5.56 Å². The van der Waals surface area contributed by atoms with Gasteiger partial charge in [0.15, 0.2) is 0 Å². The molecule has 0 bridgehead atoms. The molecular formula is C15H26N4O2. The zero-order valence-corrected chi connectivity index (χ0v) is 13.4. The van der Waals surface area contributed by atoms with Crippen LogP contribution in [-0.2, 0) is 11.3 Å². The van der Waals surface area contributed by atoms with Crippen LogP contribution in [0.5, 0.6) is 0 Å². The maximum atomic E-state index is 12.2. The van der Waals surface area contributed by atoms with Gasteiger partial charge in [-0.3, -0.25) is 4.79 Å². The third kappa shape index (κ3) is 3.83. The zero-order chi connectivity index (χ0) is 15.6. The summed E-state index contributed by atoms with van der Waals surface area (Å²) in [6.07, 6.45) is 2.96. The van der Waals surface area contributed by atoms with Gasteiger partial charge in [-0.2, -0.15) is 5.10 Å². The number of rotatable bonds is 4. The molecule has 118 valence electrons. The number of methoxy groups -OCH3 is 1. The molecule has 0 aliphatic carbocycles. The topological polar surface area (TPSA) is 73.4 Å². The van der Waals surface area contributed by atoms with Gasteiger partial charge in [-0.15, -0.1) is 0 Å². The predicted octanol–water partition coefficient (Wildman–Crippen LogP) is 0.842. The van der Waals surface area contributed by atoms with Gasteiger partial charge in [0.05, 0.1) is 24.5 Å². The van der Waals surface area contributed by atoms with E-state index in [1.807, 2.05) is 0 Å². The number of hydrogen-bond donors (Lipinski definition) is 1. The first-order chi connectivity index (χ1) is 9.81. The van der Waals surface area contributed by atoms with Crippen molar-refractivity contribution in [2.75, 3.05) is 25.1 Å². The highest BCUT2D eigenvalue weighted by Crippen LogP contribution is 2.20. The first-order valence-electron chi connectivity index (χ1n) is 7.41. The average Bonchev–Trinajstić information content (AvgIpc) is 2.88. The molecule has 1 aromatic heterocycles. The van der Waals surface area contributed by atoms with E-state index in [1.165, 1.54) is 4.68 Å². The van der Waals surface area contributed by atoms with Crippen LogP contribution >= 0.6 is 0 Å². The molecule has 21 heavy (non-hydrogen) atoms. The van der Waals surface area contributed by atoms with Crippen LogP contribution in [0.15, 0.2) is 17.1 Å². The maximum absolute atomic E-state index is 12.2. The number of nitrogens with zero attached hydrogens (tertiary/aromatic N) is 3. The lowest BCUT2D eigenvalue weighted by Crippen LogP contribution is -2.42. The van der Waals surface area contributed by atoms with E-state index in [4.69, 9.17) is 10.5 Å². The molecule has 1 saturated heterocycles. The van der Waals surface area contributed by atoms with Crippen molar-refractivity contribution in [3.63, 3.8) is 0 Å². The van der Waals surface area contributed by atoms with E-state index in [0.29, 0.717) is 6.54 Å². The Hall–Kier alpha value is -1.40. The van der Waals surface area contributed by atoms with Crippen LogP contribution in [0.3, 0.4) is 0 Å². The number of ether oxygens (including phenoxy) is 1. The van der Waals surface area contributed by atoms with Crippen molar-refractivity contribution >= 4 is 5.69 Å². The Morgan fingerprint density at radius 3 is 2.76 bits per heavy atom. The summed E-state index contributed by atoms with van der Waals surface area (Å²) in [7, 11) is 1.72. The molecular weight excluding hydrogens is 268 g/mol. The second-order valence-corrected chi connectivity index (χ2v) is 6.80. The summed E-state index contributed by atoms with van der Waals surface area (Å²) < 4.78 is 6.79. The molecule has 2 rings (SSSR count). The van der Waals surface area contributed by atoms with Crippen LogP contribution in [-0.4, -0.2) is 42.1 Å². The van der Waals surface area contributed by atoms with Gasteiger partial charge in [0.1, 0.15) is 0 Å². The molecule has 0 amide bonds. The van der Waals surface area contributed by atoms with Crippen LogP contribution in [0, 0.1) is 5.41 Å². The number of aromatic nitrogens is 2. The predicted molar refractivity (Wildman–Crippen MR) is 83.6 cm³/mol. The third-order valence-electron chi connectivity index (χ3n) is 4.18. The summed E-state index contributed by atoms with van der Waals surface area (Å²) in [5.41, 5.74) is 6.82. The highest BCUT2D eigenvalue weighted by Gasteiger charge is 2.24. The summed E-state index contributed by atoms with van der Waals surface area (Å²) in [6, 6.07) is 1.53. The second-order valence-electron chi connectivity index (χ2n) is 6.80. The molecule has 1 aromatic rings. The van der Waals surface area contributed by atoms with Crippen LogP contribution in [0.1, 0.15) is 27.2 Å². The average molecular weight is 294 g/mol. The lowest BCUT2D eigenvalue weighted by molar-refractivity contribution is 0.121. The summed E-state index contributed by atoms with van der Waals surface area (Å²) in [4.78, 5) is 14.3. The van der Waals surface area contributed by atoms with Crippen LogP contribution in [0.4, 0.5) is 5.69 Å². The summed E-state index contributed by atoms with van der Waals surface area (Å²) in [6.45, 7) is 8.32. The molecule has 2 atom stereocenters. The normalized spacial score (nSPS) is 20.8. The van der Waals surface area contributed by atoms with Gasteiger partial charge in [0, 0.05) is 32.3 Å². The summed E-state index contributed by atoms with van der Waals surface area (Å²) in [5.74, 6) is 0. The van der Waals surface area contributed by atoms with Gasteiger partial charge in [-0.1, -0.05) is 20.8 Å². The fourth-order valence-electron chi connectivity index (χ4n) is 2.35. The maximum Gasteiger partial charge on any atom is 0.268 e. The van der Waals surface area contributed by atoms with E-state index in [-0.39, 0.29) is 23.1 Å². The molecule has 1 fully saturated rings. The highest BCUT2D eigenvalue weighted by molar-refractivity contribution is 5.44. The molecule has 0 spiro atoms. The lowest BCUT2D eigenvalue weighted by atomic mass is 9.87. The van der Waals surface area contributed by atoms with Gasteiger partial charge in [-0.25, -0.2) is 4.68 Å². The Kier molecular flexibility index (Phi) is 4.68. The van der Waals surface area contributed by atoms with Crippen molar-refractivity contribution in [1.82, 2.24) is 9.78 Å². The quantitative estimate of drug-likeness (QED) is 0.891. The van der Waals surface area contributed by atoms with Crippen molar-refractivity contribution in [3.8, 4) is 0 Å². The van der Waals surface area contributed by atoms with Crippen molar-refractivity contribution in [1.29, 1.82) is 0 Å². The van der Waals surface area contributed by atoms with Crippen LogP contribution < -0.4 is 16.2 Å². The number of anilines is 1. The van der Waals surface area contributed by atoms with Crippen molar-refractivity contribution < 1.29 is 4.74 Å². The van der Waals surface area contributed by atoms with E-state index in [2.05, 4.69) is 30.8 Å². The highest BCUT2D eigenvalue weighted by atomic mass is 16.5. The fourth-order valence-corrected chi connectivity index (χ4v) is 2.35. The Labute approximate surface area is 125 Å². The Morgan fingerprint density at radius 1 is 1.52 bits per heavy atom. The van der Waals surface area contributed by atoms with Gasteiger partial charge in [-0.05, 0) is 11.8 Å². The van der Waals surface area contributed by atoms with Gasteiger partial charge < -0.3 is 15.4 Å². The largest absolute Gasteiger partial charge is 0.380 e. The molecule has 2 heterocycles. The second kappa shape index (κ2) is 6.15. The monoisotopic (exact) mass is 294 g/mol. The molecule has 6 heteroatoms. The SMILES string of the molecule is COC1CCN(c2cnn(CC(N)C(C)(C)C)c(=O)c2)C1. The number of nitrogens with two attached hydrogens (primary N) is 1. The minimum Gasteiger partial charge on any atom is -0.380 e. The first-order valence-corrected chi connectivity index (χ1v) is 7.41. The lowest BCUT2D eigenvalue weighted by Gasteiger charge is -2.27.